The van der Waals surface area contributed by atoms with E-state index in [4.69, 9.17) is 14.6 Å². The van der Waals surface area contributed by atoms with Crippen LogP contribution in [0, 0.1) is 0 Å². The molecule has 0 aliphatic carbocycles. The van der Waals surface area contributed by atoms with Crippen LogP contribution in [0.3, 0.4) is 0 Å². The molecule has 20 heavy (non-hydrogen) atoms. The predicted octanol–water partition coefficient (Wildman–Crippen LogP) is 1.59. The Balaban J connectivity index is 1.83. The first-order chi connectivity index (χ1) is 9.66. The molecule has 2 rings (SSSR count). The van der Waals surface area contributed by atoms with Gasteiger partial charge in [0.05, 0.1) is 19.1 Å². The van der Waals surface area contributed by atoms with E-state index in [1.165, 1.54) is 0 Å². The molecule has 1 heterocycles. The Morgan fingerprint density at radius 3 is 2.90 bits per heavy atom. The lowest BCUT2D eigenvalue weighted by Crippen LogP contribution is -2.38. The number of rotatable bonds is 6. The second kappa shape index (κ2) is 7.26. The van der Waals surface area contributed by atoms with Gasteiger partial charge in [-0.05, 0) is 24.6 Å². The van der Waals surface area contributed by atoms with E-state index in [9.17, 15) is 4.79 Å². The number of carboxylic acid groups (broad SMARTS) is 1. The molecular formula is C15H21NO4. The minimum atomic E-state index is -0.824. The van der Waals surface area contributed by atoms with Crippen molar-refractivity contribution in [2.75, 3.05) is 39.5 Å². The van der Waals surface area contributed by atoms with E-state index >= 15 is 0 Å². The number of nitrogens with zero attached hydrogens (tertiary/aromatic N) is 1. The summed E-state index contributed by atoms with van der Waals surface area (Å²) in [4.78, 5) is 13.3. The predicted molar refractivity (Wildman–Crippen MR) is 75.2 cm³/mol. The lowest BCUT2D eigenvalue weighted by molar-refractivity contribution is -0.138. The summed E-state index contributed by atoms with van der Waals surface area (Å²) >= 11 is 0. The molecule has 0 bridgehead atoms. The van der Waals surface area contributed by atoms with Gasteiger partial charge in [-0.25, -0.2) is 0 Å². The number of carbonyl (C=O) groups is 1. The van der Waals surface area contributed by atoms with Crippen molar-refractivity contribution in [3.05, 3.63) is 29.8 Å². The van der Waals surface area contributed by atoms with Crippen molar-refractivity contribution in [3.8, 4) is 5.75 Å². The van der Waals surface area contributed by atoms with Crippen LogP contribution in [0.4, 0.5) is 0 Å². The van der Waals surface area contributed by atoms with Crippen molar-refractivity contribution in [2.45, 2.75) is 12.8 Å². The second-order valence-electron chi connectivity index (χ2n) is 4.93. The van der Waals surface area contributed by atoms with Gasteiger partial charge < -0.3 is 14.6 Å². The number of morpholine rings is 1. The van der Waals surface area contributed by atoms with Gasteiger partial charge in [-0.2, -0.15) is 0 Å². The van der Waals surface area contributed by atoms with Crippen molar-refractivity contribution in [2.24, 2.45) is 0 Å². The van der Waals surface area contributed by atoms with E-state index in [0.717, 1.165) is 44.2 Å². The van der Waals surface area contributed by atoms with Crippen LogP contribution in [-0.4, -0.2) is 55.4 Å². The van der Waals surface area contributed by atoms with Crippen LogP contribution < -0.4 is 4.74 Å². The summed E-state index contributed by atoms with van der Waals surface area (Å²) in [5.41, 5.74) is 0.765. The Morgan fingerprint density at radius 1 is 1.45 bits per heavy atom. The van der Waals surface area contributed by atoms with Crippen molar-refractivity contribution in [3.63, 3.8) is 0 Å². The standard InChI is InChI=1S/C15H21NO4/c1-12(15(17)18)13-3-2-4-14(11-13)20-10-7-16-5-8-19-9-6-16/h2-4,11-12H,5-10H2,1H3,(H,17,18). The summed E-state index contributed by atoms with van der Waals surface area (Å²) in [5.74, 6) is -0.614. The van der Waals surface area contributed by atoms with Gasteiger partial charge in [0.2, 0.25) is 0 Å². The maximum atomic E-state index is 11.0. The lowest BCUT2D eigenvalue weighted by atomic mass is 10.0. The van der Waals surface area contributed by atoms with E-state index in [0.29, 0.717) is 6.61 Å². The topological polar surface area (TPSA) is 59.0 Å². The molecule has 1 aliphatic heterocycles. The Bertz CT molecular complexity index is 443. The van der Waals surface area contributed by atoms with Gasteiger partial charge >= 0.3 is 5.97 Å². The summed E-state index contributed by atoms with van der Waals surface area (Å²) in [6, 6.07) is 7.31. The highest BCUT2D eigenvalue weighted by Gasteiger charge is 2.14. The Hall–Kier alpha value is -1.59. The Morgan fingerprint density at radius 2 is 2.20 bits per heavy atom. The van der Waals surface area contributed by atoms with Gasteiger partial charge in [-0.15, -0.1) is 0 Å². The highest BCUT2D eigenvalue weighted by atomic mass is 16.5. The van der Waals surface area contributed by atoms with E-state index < -0.39 is 11.9 Å². The SMILES string of the molecule is CC(C(=O)O)c1cccc(OCCN2CCOCC2)c1. The van der Waals surface area contributed by atoms with E-state index in [-0.39, 0.29) is 0 Å². The number of benzene rings is 1. The monoisotopic (exact) mass is 279 g/mol. The Labute approximate surface area is 119 Å². The van der Waals surface area contributed by atoms with Crippen LogP contribution in [0.2, 0.25) is 0 Å². The molecule has 1 N–H and O–H groups in total. The molecule has 1 atom stereocenters. The van der Waals surface area contributed by atoms with Crippen LogP contribution in [-0.2, 0) is 9.53 Å². The molecule has 0 amide bonds. The molecule has 1 aliphatic rings. The highest BCUT2D eigenvalue weighted by Crippen LogP contribution is 2.20. The van der Waals surface area contributed by atoms with Crippen molar-refractivity contribution < 1.29 is 19.4 Å². The zero-order chi connectivity index (χ0) is 14.4. The molecule has 0 saturated carbocycles. The quantitative estimate of drug-likeness (QED) is 0.857. The average Bonchev–Trinajstić information content (AvgIpc) is 2.48. The first-order valence-corrected chi connectivity index (χ1v) is 6.92. The summed E-state index contributed by atoms with van der Waals surface area (Å²) in [6.45, 7) is 6.60. The summed E-state index contributed by atoms with van der Waals surface area (Å²) in [5, 5.41) is 9.01. The Kier molecular flexibility index (Phi) is 5.38. The number of hydrogen-bond donors (Lipinski definition) is 1. The van der Waals surface area contributed by atoms with E-state index in [1.54, 1.807) is 13.0 Å². The van der Waals surface area contributed by atoms with Gasteiger partial charge in [-0.3, -0.25) is 9.69 Å². The number of carboxylic acids is 1. The zero-order valence-corrected chi connectivity index (χ0v) is 11.7. The average molecular weight is 279 g/mol. The minimum Gasteiger partial charge on any atom is -0.492 e. The number of aliphatic carboxylic acids is 1. The fourth-order valence-corrected chi connectivity index (χ4v) is 2.13. The van der Waals surface area contributed by atoms with Crippen LogP contribution in [0.1, 0.15) is 18.4 Å². The van der Waals surface area contributed by atoms with Gasteiger partial charge in [0.25, 0.3) is 0 Å². The first-order valence-electron chi connectivity index (χ1n) is 6.92. The molecule has 110 valence electrons. The van der Waals surface area contributed by atoms with Crippen LogP contribution >= 0.6 is 0 Å². The molecule has 1 fully saturated rings. The van der Waals surface area contributed by atoms with Crippen LogP contribution in [0.15, 0.2) is 24.3 Å². The molecule has 5 heteroatoms. The summed E-state index contributed by atoms with van der Waals surface area (Å²) in [6.07, 6.45) is 0. The fourth-order valence-electron chi connectivity index (χ4n) is 2.13. The third kappa shape index (κ3) is 4.21. The number of hydrogen-bond acceptors (Lipinski definition) is 4. The normalized spacial score (nSPS) is 17.6. The van der Waals surface area contributed by atoms with E-state index in [2.05, 4.69) is 4.90 Å². The molecule has 1 saturated heterocycles. The number of ether oxygens (including phenoxy) is 2. The second-order valence-corrected chi connectivity index (χ2v) is 4.93. The van der Waals surface area contributed by atoms with Crippen molar-refractivity contribution in [1.29, 1.82) is 0 Å². The van der Waals surface area contributed by atoms with Crippen molar-refractivity contribution in [1.82, 2.24) is 4.90 Å². The van der Waals surface area contributed by atoms with E-state index in [1.807, 2.05) is 18.2 Å². The molecule has 5 nitrogen and oxygen atoms in total. The first kappa shape index (κ1) is 14.8. The zero-order valence-electron chi connectivity index (χ0n) is 11.7. The molecular weight excluding hydrogens is 258 g/mol. The smallest absolute Gasteiger partial charge is 0.310 e. The molecule has 0 aromatic heterocycles. The molecule has 0 radical (unpaired) electrons. The lowest BCUT2D eigenvalue weighted by Gasteiger charge is -2.26. The molecule has 0 spiro atoms. The molecule has 1 unspecified atom stereocenters. The third-order valence-electron chi connectivity index (χ3n) is 3.51. The maximum absolute atomic E-state index is 11.0. The summed E-state index contributed by atoms with van der Waals surface area (Å²) < 4.78 is 11.0. The van der Waals surface area contributed by atoms with Gasteiger partial charge in [0, 0.05) is 19.6 Å². The van der Waals surface area contributed by atoms with Crippen LogP contribution in [0.25, 0.3) is 0 Å². The third-order valence-corrected chi connectivity index (χ3v) is 3.51. The van der Waals surface area contributed by atoms with Gasteiger partial charge in [0.15, 0.2) is 0 Å². The molecule has 1 aromatic carbocycles. The van der Waals surface area contributed by atoms with Crippen LogP contribution in [0.5, 0.6) is 5.75 Å². The highest BCUT2D eigenvalue weighted by molar-refractivity contribution is 5.75. The maximum Gasteiger partial charge on any atom is 0.310 e. The summed E-state index contributed by atoms with van der Waals surface area (Å²) in [7, 11) is 0. The van der Waals surface area contributed by atoms with Gasteiger partial charge in [-0.1, -0.05) is 12.1 Å². The fraction of sp³-hybridized carbons (Fsp3) is 0.533. The van der Waals surface area contributed by atoms with Crippen molar-refractivity contribution >= 4 is 5.97 Å². The van der Waals surface area contributed by atoms with Gasteiger partial charge in [0.1, 0.15) is 12.4 Å². The largest absolute Gasteiger partial charge is 0.492 e. The molecule has 1 aromatic rings. The minimum absolute atomic E-state index is 0.516.